The molecule has 182 valence electrons. The number of carbonyl (C=O) groups is 1. The van der Waals surface area contributed by atoms with Gasteiger partial charge >= 0.3 is 0 Å². The number of carbonyl (C=O) groups excluding carboxylic acids is 1. The molecule has 4 aromatic rings. The highest BCUT2D eigenvalue weighted by Crippen LogP contribution is 2.34. The summed E-state index contributed by atoms with van der Waals surface area (Å²) in [6, 6.07) is 13.4. The Morgan fingerprint density at radius 1 is 1.14 bits per heavy atom. The molecule has 2 heterocycles. The first-order valence-corrected chi connectivity index (χ1v) is 12.3. The predicted molar refractivity (Wildman–Crippen MR) is 134 cm³/mol. The highest BCUT2D eigenvalue weighted by Gasteiger charge is 2.26. The largest absolute Gasteiger partial charge is 0.496 e. The smallest absolute Gasteiger partial charge is 0.263 e. The van der Waals surface area contributed by atoms with E-state index in [0.717, 1.165) is 47.8 Å². The Labute approximate surface area is 205 Å². The number of nitrogens with zero attached hydrogens (tertiary/aromatic N) is 3. The van der Waals surface area contributed by atoms with E-state index in [-0.39, 0.29) is 11.4 Å². The Morgan fingerprint density at radius 3 is 2.63 bits per heavy atom. The first-order chi connectivity index (χ1) is 17.0. The summed E-state index contributed by atoms with van der Waals surface area (Å²) in [6.07, 6.45) is 0.689. The summed E-state index contributed by atoms with van der Waals surface area (Å²) >= 11 is 1.10. The lowest BCUT2D eigenvalue weighted by molar-refractivity contribution is 0.0376. The molecule has 0 aliphatic carbocycles. The van der Waals surface area contributed by atoms with Crippen LogP contribution in [0, 0.1) is 11.6 Å². The van der Waals surface area contributed by atoms with Crippen molar-refractivity contribution in [1.29, 1.82) is 0 Å². The monoisotopic (exact) mass is 497 g/mol. The molecule has 1 amide bonds. The number of rotatable bonds is 7. The van der Waals surface area contributed by atoms with Crippen LogP contribution in [0.25, 0.3) is 21.0 Å². The molecule has 0 N–H and O–H groups in total. The van der Waals surface area contributed by atoms with E-state index in [0.29, 0.717) is 47.3 Å². The fourth-order valence-corrected chi connectivity index (χ4v) is 5.35. The third kappa shape index (κ3) is 4.98. The van der Waals surface area contributed by atoms with Crippen molar-refractivity contribution in [2.24, 2.45) is 0 Å². The molecule has 3 aromatic carbocycles. The molecule has 35 heavy (non-hydrogen) atoms. The Hall–Kier alpha value is -3.14. The van der Waals surface area contributed by atoms with Crippen LogP contribution in [0.2, 0.25) is 0 Å². The van der Waals surface area contributed by atoms with Crippen LogP contribution in [-0.2, 0) is 4.74 Å². The van der Waals surface area contributed by atoms with Crippen LogP contribution in [0.3, 0.4) is 0 Å². The summed E-state index contributed by atoms with van der Waals surface area (Å²) in [7, 11) is 1.53. The average molecular weight is 498 g/mol. The third-order valence-electron chi connectivity index (χ3n) is 6.14. The highest BCUT2D eigenvalue weighted by molar-refractivity contribution is 7.22. The number of amides is 1. The highest BCUT2D eigenvalue weighted by atomic mass is 32.1. The Kier molecular flexibility index (Phi) is 6.90. The number of halogens is 2. The van der Waals surface area contributed by atoms with Gasteiger partial charge in [-0.25, -0.2) is 13.8 Å². The van der Waals surface area contributed by atoms with E-state index >= 15 is 0 Å². The van der Waals surface area contributed by atoms with Gasteiger partial charge in [0, 0.05) is 32.2 Å². The molecule has 1 aromatic heterocycles. The van der Waals surface area contributed by atoms with Gasteiger partial charge in [-0.15, -0.1) is 0 Å². The second kappa shape index (κ2) is 10.2. The third-order valence-corrected chi connectivity index (χ3v) is 7.16. The molecule has 0 atom stereocenters. The van der Waals surface area contributed by atoms with Gasteiger partial charge in [-0.2, -0.15) is 0 Å². The van der Waals surface area contributed by atoms with E-state index in [4.69, 9.17) is 9.47 Å². The maximum Gasteiger partial charge on any atom is 0.263 e. The van der Waals surface area contributed by atoms with Gasteiger partial charge in [0.15, 0.2) is 10.9 Å². The number of thiazole rings is 1. The Balaban J connectivity index is 1.51. The lowest BCUT2D eigenvalue weighted by atomic mass is 10.0. The molecule has 0 bridgehead atoms. The Bertz CT molecular complexity index is 1370. The van der Waals surface area contributed by atoms with Gasteiger partial charge in [-0.1, -0.05) is 35.6 Å². The molecule has 9 heteroatoms. The van der Waals surface area contributed by atoms with E-state index in [1.54, 1.807) is 11.0 Å². The lowest BCUT2D eigenvalue weighted by Gasteiger charge is -2.28. The summed E-state index contributed by atoms with van der Waals surface area (Å²) in [5, 5.41) is 2.19. The number of anilines is 1. The quantitative estimate of drug-likeness (QED) is 0.355. The van der Waals surface area contributed by atoms with Gasteiger partial charge in [0.05, 0.1) is 30.6 Å². The molecule has 1 aliphatic rings. The molecule has 1 fully saturated rings. The van der Waals surface area contributed by atoms with Crippen LogP contribution in [0.4, 0.5) is 13.9 Å². The van der Waals surface area contributed by atoms with Crippen LogP contribution < -0.4 is 9.64 Å². The normalized spacial score (nSPS) is 14.5. The summed E-state index contributed by atoms with van der Waals surface area (Å²) in [6.45, 7) is 4.24. The van der Waals surface area contributed by atoms with Crippen LogP contribution in [0.5, 0.6) is 5.75 Å². The van der Waals surface area contributed by atoms with Crippen molar-refractivity contribution >= 4 is 43.4 Å². The molecule has 1 saturated heterocycles. The maximum atomic E-state index is 14.4. The van der Waals surface area contributed by atoms with Crippen LogP contribution in [-0.4, -0.2) is 62.3 Å². The number of methoxy groups -OCH3 is 1. The first-order valence-electron chi connectivity index (χ1n) is 11.5. The predicted octanol–water partition coefficient (Wildman–Crippen LogP) is 5.11. The van der Waals surface area contributed by atoms with E-state index in [1.165, 1.54) is 13.2 Å². The van der Waals surface area contributed by atoms with Crippen LogP contribution >= 0.6 is 11.3 Å². The van der Waals surface area contributed by atoms with Crippen molar-refractivity contribution < 1.29 is 23.0 Å². The number of hydrogen-bond donors (Lipinski definition) is 0. The molecule has 6 nitrogen and oxygen atoms in total. The lowest BCUT2D eigenvalue weighted by Crippen LogP contribution is -2.39. The number of fused-ring (bicyclic) bond motifs is 2. The van der Waals surface area contributed by atoms with Gasteiger partial charge in [0.2, 0.25) is 0 Å². The zero-order chi connectivity index (χ0) is 24.4. The van der Waals surface area contributed by atoms with Gasteiger partial charge in [0.1, 0.15) is 17.1 Å². The van der Waals surface area contributed by atoms with Crippen molar-refractivity contribution in [3.63, 3.8) is 0 Å². The van der Waals surface area contributed by atoms with Gasteiger partial charge in [0.25, 0.3) is 5.91 Å². The van der Waals surface area contributed by atoms with Crippen molar-refractivity contribution in [2.45, 2.75) is 6.42 Å². The van der Waals surface area contributed by atoms with Crippen molar-refractivity contribution in [2.75, 3.05) is 51.4 Å². The van der Waals surface area contributed by atoms with Gasteiger partial charge in [-0.05, 0) is 35.4 Å². The molecule has 1 aliphatic heterocycles. The second-order valence-corrected chi connectivity index (χ2v) is 9.40. The van der Waals surface area contributed by atoms with Crippen molar-refractivity contribution in [1.82, 2.24) is 9.88 Å². The topological polar surface area (TPSA) is 54.9 Å². The van der Waals surface area contributed by atoms with E-state index in [9.17, 15) is 13.6 Å². The van der Waals surface area contributed by atoms with Crippen molar-refractivity contribution in [3.8, 4) is 5.75 Å². The minimum atomic E-state index is -0.744. The van der Waals surface area contributed by atoms with E-state index < -0.39 is 11.6 Å². The van der Waals surface area contributed by atoms with E-state index in [2.05, 4.69) is 9.88 Å². The Morgan fingerprint density at radius 2 is 1.89 bits per heavy atom. The van der Waals surface area contributed by atoms with Gasteiger partial charge < -0.3 is 9.47 Å². The number of benzene rings is 3. The molecule has 0 saturated carbocycles. The van der Waals surface area contributed by atoms with Crippen LogP contribution in [0.15, 0.2) is 48.5 Å². The first kappa shape index (κ1) is 23.6. The average Bonchev–Trinajstić information content (AvgIpc) is 3.30. The molecular formula is C26H25F2N3O3S. The van der Waals surface area contributed by atoms with E-state index in [1.807, 2.05) is 30.3 Å². The number of hydrogen-bond acceptors (Lipinski definition) is 6. The fourth-order valence-electron chi connectivity index (χ4n) is 4.32. The zero-order valence-electron chi connectivity index (χ0n) is 19.3. The SMILES string of the molecule is COc1cc2ccccc2cc1C(=O)N(CCCN1CCOCC1)c1nc2c(F)cc(F)cc2s1. The zero-order valence-corrected chi connectivity index (χ0v) is 20.1. The van der Waals surface area contributed by atoms with Gasteiger partial charge in [-0.3, -0.25) is 14.6 Å². The standard InChI is InChI=1S/C26H25F2N3O3S/c1-33-22-14-18-6-3-2-5-17(18)13-20(22)25(32)31(8-4-7-30-9-11-34-12-10-30)26-29-24-21(28)15-19(27)16-23(24)35-26/h2-3,5-6,13-16H,4,7-12H2,1H3. The molecular weight excluding hydrogens is 472 g/mol. The maximum absolute atomic E-state index is 14.4. The number of aromatic nitrogens is 1. The summed E-state index contributed by atoms with van der Waals surface area (Å²) < 4.78 is 39.5. The molecule has 0 radical (unpaired) electrons. The van der Waals surface area contributed by atoms with Crippen LogP contribution in [0.1, 0.15) is 16.8 Å². The molecule has 5 rings (SSSR count). The minimum Gasteiger partial charge on any atom is -0.496 e. The molecule has 0 spiro atoms. The summed E-state index contributed by atoms with van der Waals surface area (Å²) in [5.74, 6) is -1.27. The second-order valence-electron chi connectivity index (χ2n) is 8.39. The summed E-state index contributed by atoms with van der Waals surface area (Å²) in [4.78, 5) is 22.1. The number of ether oxygens (including phenoxy) is 2. The minimum absolute atomic E-state index is 0.0582. The van der Waals surface area contributed by atoms with Crippen molar-refractivity contribution in [3.05, 3.63) is 65.7 Å². The fraction of sp³-hybridized carbons (Fsp3) is 0.308. The molecule has 0 unspecified atom stereocenters. The summed E-state index contributed by atoms with van der Waals surface area (Å²) in [5.41, 5.74) is 0.450. The number of morpholine rings is 1.